The molecule has 1 aromatic heterocycles. The first kappa shape index (κ1) is 26.7. The molecule has 2 amide bonds. The van der Waals surface area contributed by atoms with E-state index in [1.165, 1.54) is 25.3 Å². The van der Waals surface area contributed by atoms with E-state index in [2.05, 4.69) is 27.3 Å². The van der Waals surface area contributed by atoms with Gasteiger partial charge in [-0.05, 0) is 83.2 Å². The number of furan rings is 1. The van der Waals surface area contributed by atoms with Crippen LogP contribution in [0.3, 0.4) is 0 Å². The van der Waals surface area contributed by atoms with E-state index in [1.807, 2.05) is 6.92 Å². The Morgan fingerprint density at radius 1 is 1.16 bits per heavy atom. The number of thioether (sulfide) groups is 1. The molecule has 2 heterocycles. The van der Waals surface area contributed by atoms with E-state index in [1.54, 1.807) is 36.4 Å². The highest BCUT2D eigenvalue weighted by molar-refractivity contribution is 14.1. The lowest BCUT2D eigenvalue weighted by molar-refractivity contribution is -0.123. The Morgan fingerprint density at radius 2 is 1.95 bits per heavy atom. The van der Waals surface area contributed by atoms with Gasteiger partial charge in [0.25, 0.3) is 11.1 Å². The molecular weight excluding hydrogens is 616 g/mol. The van der Waals surface area contributed by atoms with Gasteiger partial charge in [-0.1, -0.05) is 18.2 Å². The van der Waals surface area contributed by atoms with Gasteiger partial charge in [-0.15, -0.1) is 0 Å². The highest BCUT2D eigenvalue weighted by Crippen LogP contribution is 2.38. The van der Waals surface area contributed by atoms with Gasteiger partial charge in [-0.2, -0.15) is 0 Å². The van der Waals surface area contributed by atoms with Crippen molar-refractivity contribution in [1.29, 1.82) is 0 Å². The van der Waals surface area contributed by atoms with Crippen molar-refractivity contribution < 1.29 is 37.4 Å². The summed E-state index contributed by atoms with van der Waals surface area (Å²) in [7, 11) is 1.23. The number of imide groups is 1. The van der Waals surface area contributed by atoms with Crippen molar-refractivity contribution in [2.75, 3.05) is 13.7 Å². The van der Waals surface area contributed by atoms with Gasteiger partial charge in [-0.3, -0.25) is 14.5 Å². The monoisotopic (exact) mass is 637 g/mol. The summed E-state index contributed by atoms with van der Waals surface area (Å²) in [6.07, 6.45) is 1.60. The largest absolute Gasteiger partial charge is 0.490 e. The average molecular weight is 637 g/mol. The normalized spacial score (nSPS) is 14.4. The summed E-state index contributed by atoms with van der Waals surface area (Å²) in [5.74, 6) is -0.361. The van der Waals surface area contributed by atoms with E-state index in [-0.39, 0.29) is 35.4 Å². The van der Waals surface area contributed by atoms with Crippen molar-refractivity contribution in [3.05, 3.63) is 85.5 Å². The lowest BCUT2D eigenvalue weighted by Gasteiger charge is -2.15. The molecule has 0 atom stereocenters. The standard InChI is InChI=1S/C26H21FINO7S/c1-3-34-21-11-15(10-19(28)23(21)35-14-16-6-4-5-7-18(16)27)12-22-24(30)29(26(32)37-22)13-17-8-9-20(36-17)25(31)33-2/h4-12H,3,13-14H2,1-2H3/b22-12+. The fourth-order valence-corrected chi connectivity index (χ4v) is 5.08. The molecule has 1 fully saturated rings. The Morgan fingerprint density at radius 3 is 2.68 bits per heavy atom. The van der Waals surface area contributed by atoms with Crippen LogP contribution in [0.4, 0.5) is 9.18 Å². The molecule has 0 N–H and O–H groups in total. The summed E-state index contributed by atoms with van der Waals surface area (Å²) < 4.78 is 36.3. The van der Waals surface area contributed by atoms with Gasteiger partial charge >= 0.3 is 5.97 Å². The molecule has 0 radical (unpaired) electrons. The number of carbonyl (C=O) groups excluding carboxylic acids is 3. The first-order valence-corrected chi connectivity index (χ1v) is 12.9. The number of methoxy groups -OCH3 is 1. The van der Waals surface area contributed by atoms with Gasteiger partial charge in [0.15, 0.2) is 11.5 Å². The summed E-state index contributed by atoms with van der Waals surface area (Å²) in [5.41, 5.74) is 1.04. The van der Waals surface area contributed by atoms with Crippen LogP contribution < -0.4 is 9.47 Å². The number of halogens is 2. The number of carbonyl (C=O) groups is 3. The Kier molecular flexibility index (Phi) is 8.54. The quantitative estimate of drug-likeness (QED) is 0.160. The van der Waals surface area contributed by atoms with Crippen molar-refractivity contribution >= 4 is 57.5 Å². The van der Waals surface area contributed by atoms with Crippen LogP contribution in [0.25, 0.3) is 6.08 Å². The molecule has 0 aliphatic carbocycles. The third-order valence-corrected chi connectivity index (χ3v) is 6.90. The van der Waals surface area contributed by atoms with Crippen LogP contribution in [0, 0.1) is 9.39 Å². The lowest BCUT2D eigenvalue weighted by Crippen LogP contribution is -2.27. The maximum absolute atomic E-state index is 14.0. The molecule has 0 spiro atoms. The van der Waals surface area contributed by atoms with Gasteiger partial charge in [0, 0.05) is 5.56 Å². The van der Waals surface area contributed by atoms with Crippen LogP contribution in [0.1, 0.15) is 34.4 Å². The van der Waals surface area contributed by atoms with Crippen LogP contribution in [-0.2, 0) is 22.7 Å². The summed E-state index contributed by atoms with van der Waals surface area (Å²) in [6, 6.07) is 12.8. The zero-order valence-corrected chi connectivity index (χ0v) is 22.8. The Bertz CT molecular complexity index is 1390. The highest BCUT2D eigenvalue weighted by Gasteiger charge is 2.36. The van der Waals surface area contributed by atoms with Crippen molar-refractivity contribution in [1.82, 2.24) is 4.90 Å². The zero-order chi connectivity index (χ0) is 26.5. The maximum atomic E-state index is 14.0. The minimum absolute atomic E-state index is 0.0182. The number of ether oxygens (including phenoxy) is 3. The van der Waals surface area contributed by atoms with Crippen LogP contribution >= 0.6 is 34.4 Å². The molecule has 0 saturated carbocycles. The molecule has 2 aromatic carbocycles. The van der Waals surface area contributed by atoms with Gasteiger partial charge in [0.05, 0.1) is 28.7 Å². The second kappa shape index (κ2) is 11.8. The van der Waals surface area contributed by atoms with Crippen molar-refractivity contribution in [2.45, 2.75) is 20.1 Å². The van der Waals surface area contributed by atoms with Crippen molar-refractivity contribution in [3.63, 3.8) is 0 Å². The van der Waals surface area contributed by atoms with Gasteiger partial charge in [0.2, 0.25) is 5.76 Å². The second-order valence-electron chi connectivity index (χ2n) is 7.67. The Balaban J connectivity index is 1.53. The Hall–Kier alpha value is -3.32. The second-order valence-corrected chi connectivity index (χ2v) is 9.82. The van der Waals surface area contributed by atoms with E-state index < -0.39 is 17.1 Å². The van der Waals surface area contributed by atoms with E-state index in [9.17, 15) is 18.8 Å². The smallest absolute Gasteiger partial charge is 0.373 e. The first-order chi connectivity index (χ1) is 17.8. The number of benzene rings is 2. The number of hydrogen-bond acceptors (Lipinski definition) is 8. The first-order valence-electron chi connectivity index (χ1n) is 11.1. The molecule has 192 valence electrons. The SMILES string of the molecule is CCOc1cc(/C=C2/SC(=O)N(Cc3ccc(C(=O)OC)o3)C2=O)cc(I)c1OCc1ccccc1F. The topological polar surface area (TPSA) is 95.3 Å². The molecule has 37 heavy (non-hydrogen) atoms. The number of nitrogens with zero attached hydrogens (tertiary/aromatic N) is 1. The van der Waals surface area contributed by atoms with E-state index >= 15 is 0 Å². The number of hydrogen-bond donors (Lipinski definition) is 0. The van der Waals surface area contributed by atoms with Gasteiger partial charge in [-0.25, -0.2) is 9.18 Å². The number of amides is 2. The maximum Gasteiger partial charge on any atom is 0.373 e. The number of esters is 1. The van der Waals surface area contributed by atoms with Gasteiger partial charge in [0.1, 0.15) is 18.2 Å². The molecule has 1 aliphatic heterocycles. The summed E-state index contributed by atoms with van der Waals surface area (Å²) in [5, 5.41) is -0.461. The predicted octanol–water partition coefficient (Wildman–Crippen LogP) is 6.02. The van der Waals surface area contributed by atoms with Crippen molar-refractivity contribution in [2.24, 2.45) is 0 Å². The molecule has 1 aliphatic rings. The minimum Gasteiger partial charge on any atom is -0.490 e. The molecule has 1 saturated heterocycles. The molecule has 3 aromatic rings. The highest BCUT2D eigenvalue weighted by atomic mass is 127. The van der Waals surface area contributed by atoms with E-state index in [4.69, 9.17) is 13.9 Å². The predicted molar refractivity (Wildman–Crippen MR) is 143 cm³/mol. The van der Waals surface area contributed by atoms with Crippen LogP contribution in [0.5, 0.6) is 11.5 Å². The van der Waals surface area contributed by atoms with Crippen LogP contribution in [0.2, 0.25) is 0 Å². The number of rotatable bonds is 9. The molecule has 4 rings (SSSR count). The fourth-order valence-electron chi connectivity index (χ4n) is 3.46. The lowest BCUT2D eigenvalue weighted by atomic mass is 10.1. The summed E-state index contributed by atoms with van der Waals surface area (Å²) in [4.78, 5) is 38.4. The average Bonchev–Trinajstić information content (AvgIpc) is 3.44. The Labute approximate surface area is 229 Å². The van der Waals surface area contributed by atoms with Crippen LogP contribution in [0.15, 0.2) is 57.9 Å². The molecular formula is C26H21FINO7S. The molecule has 11 heteroatoms. The molecule has 8 nitrogen and oxygen atoms in total. The van der Waals surface area contributed by atoms with E-state index in [0.717, 1.165) is 16.7 Å². The van der Waals surface area contributed by atoms with E-state index in [0.29, 0.717) is 32.8 Å². The summed E-state index contributed by atoms with van der Waals surface area (Å²) in [6.45, 7) is 2.09. The molecule has 0 unspecified atom stereocenters. The zero-order valence-electron chi connectivity index (χ0n) is 19.8. The van der Waals surface area contributed by atoms with Gasteiger partial charge < -0.3 is 18.6 Å². The summed E-state index contributed by atoms with van der Waals surface area (Å²) >= 11 is 2.88. The minimum atomic E-state index is -0.652. The molecule has 0 bridgehead atoms. The fraction of sp³-hybridized carbons (Fsp3) is 0.192. The van der Waals surface area contributed by atoms with Crippen molar-refractivity contribution in [3.8, 4) is 11.5 Å². The third kappa shape index (κ3) is 6.16. The van der Waals surface area contributed by atoms with Crippen LogP contribution in [-0.4, -0.2) is 35.7 Å². The third-order valence-electron chi connectivity index (χ3n) is 5.20.